The number of amides is 1. The van der Waals surface area contributed by atoms with Crippen LogP contribution >= 0.6 is 0 Å². The van der Waals surface area contributed by atoms with Crippen molar-refractivity contribution in [3.8, 4) is 11.9 Å². The highest BCUT2D eigenvalue weighted by Crippen LogP contribution is 2.41. The molecule has 2 atom stereocenters. The third-order valence-corrected chi connectivity index (χ3v) is 5.15. The molecule has 0 radical (unpaired) electrons. The Kier molecular flexibility index (Phi) is 4.35. The fourth-order valence-corrected chi connectivity index (χ4v) is 3.65. The van der Waals surface area contributed by atoms with Crippen molar-refractivity contribution in [3.05, 3.63) is 48.0 Å². The van der Waals surface area contributed by atoms with E-state index in [1.165, 1.54) is 6.20 Å². The van der Waals surface area contributed by atoms with Crippen molar-refractivity contribution in [3.63, 3.8) is 0 Å². The highest BCUT2D eigenvalue weighted by Gasteiger charge is 2.52. The number of likely N-dealkylation sites (tertiary alicyclic amines) is 1. The number of pyridine rings is 1. The third kappa shape index (κ3) is 3.16. The fourth-order valence-electron chi connectivity index (χ4n) is 3.65. The molecule has 7 heteroatoms. The van der Waals surface area contributed by atoms with Crippen LogP contribution in [-0.2, 0) is 16.0 Å². The van der Waals surface area contributed by atoms with Gasteiger partial charge >= 0.3 is 0 Å². The summed E-state index contributed by atoms with van der Waals surface area (Å²) in [6, 6.07) is 9.00. The van der Waals surface area contributed by atoms with Crippen LogP contribution in [0.2, 0.25) is 0 Å². The molecular weight excluding hydrogens is 334 g/mol. The number of hydrogen-bond donors (Lipinski definition) is 0. The summed E-state index contributed by atoms with van der Waals surface area (Å²) < 4.78 is 16.8. The van der Waals surface area contributed by atoms with E-state index in [2.05, 4.69) is 4.98 Å². The smallest absolute Gasteiger partial charge is 0.230 e. The molecule has 0 N–H and O–H groups in total. The van der Waals surface area contributed by atoms with E-state index in [4.69, 9.17) is 19.2 Å². The molecule has 26 heavy (non-hydrogen) atoms. The number of carbonyl (C=O) groups excluding carboxylic acids is 1. The third-order valence-electron chi connectivity index (χ3n) is 5.15. The zero-order valence-electron chi connectivity index (χ0n) is 14.3. The molecule has 4 rings (SSSR count). The Balaban J connectivity index is 1.41. The first-order chi connectivity index (χ1) is 12.7. The SMILES string of the molecule is N#Cc1ccc(OC[C@@]23COC[C@@H]2CN(C(=O)Cc2ccco2)C3)nc1. The van der Waals surface area contributed by atoms with Crippen LogP contribution in [0.1, 0.15) is 11.3 Å². The van der Waals surface area contributed by atoms with Crippen LogP contribution in [0.15, 0.2) is 41.1 Å². The van der Waals surface area contributed by atoms with Gasteiger partial charge in [-0.05, 0) is 18.2 Å². The van der Waals surface area contributed by atoms with Crippen molar-refractivity contribution in [1.82, 2.24) is 9.88 Å². The van der Waals surface area contributed by atoms with Gasteiger partial charge in [0.15, 0.2) is 0 Å². The van der Waals surface area contributed by atoms with Gasteiger partial charge in [-0.1, -0.05) is 0 Å². The van der Waals surface area contributed by atoms with Crippen LogP contribution in [-0.4, -0.2) is 48.7 Å². The quantitative estimate of drug-likeness (QED) is 0.812. The first-order valence-electron chi connectivity index (χ1n) is 8.55. The fraction of sp³-hybridized carbons (Fsp3) is 0.421. The zero-order valence-corrected chi connectivity index (χ0v) is 14.3. The minimum absolute atomic E-state index is 0.0604. The Bertz CT molecular complexity index is 812. The number of ether oxygens (including phenoxy) is 2. The van der Waals surface area contributed by atoms with Gasteiger partial charge < -0.3 is 18.8 Å². The predicted molar refractivity (Wildman–Crippen MR) is 90.2 cm³/mol. The van der Waals surface area contributed by atoms with Crippen molar-refractivity contribution in [1.29, 1.82) is 5.26 Å². The van der Waals surface area contributed by atoms with Gasteiger partial charge in [0.2, 0.25) is 11.8 Å². The second-order valence-electron chi connectivity index (χ2n) is 6.89. The molecule has 0 bridgehead atoms. The molecule has 2 aromatic rings. The molecule has 2 aromatic heterocycles. The molecule has 0 saturated carbocycles. The number of aromatic nitrogens is 1. The Morgan fingerprint density at radius 3 is 3.12 bits per heavy atom. The number of fused-ring (bicyclic) bond motifs is 1. The molecular formula is C19H19N3O4. The van der Waals surface area contributed by atoms with E-state index >= 15 is 0 Å². The lowest BCUT2D eigenvalue weighted by Gasteiger charge is -2.26. The van der Waals surface area contributed by atoms with E-state index in [1.807, 2.05) is 17.0 Å². The molecule has 0 aromatic carbocycles. The van der Waals surface area contributed by atoms with Crippen LogP contribution in [0.25, 0.3) is 0 Å². The Morgan fingerprint density at radius 2 is 2.38 bits per heavy atom. The van der Waals surface area contributed by atoms with Gasteiger partial charge in [0, 0.05) is 31.3 Å². The van der Waals surface area contributed by atoms with Crippen molar-refractivity contribution in [2.45, 2.75) is 6.42 Å². The maximum absolute atomic E-state index is 12.6. The minimum atomic E-state index is -0.214. The molecule has 4 heterocycles. The summed E-state index contributed by atoms with van der Waals surface area (Å²) in [6.45, 7) is 2.91. The lowest BCUT2D eigenvalue weighted by molar-refractivity contribution is -0.130. The van der Waals surface area contributed by atoms with Crippen LogP contribution in [0.4, 0.5) is 0 Å². The zero-order chi connectivity index (χ0) is 18.0. The lowest BCUT2D eigenvalue weighted by Crippen LogP contribution is -2.38. The van der Waals surface area contributed by atoms with Gasteiger partial charge in [0.05, 0.1) is 43.5 Å². The molecule has 2 fully saturated rings. The number of rotatable bonds is 5. The maximum atomic E-state index is 12.6. The summed E-state index contributed by atoms with van der Waals surface area (Å²) in [5.74, 6) is 1.46. The topological polar surface area (TPSA) is 88.6 Å². The number of furan rings is 1. The van der Waals surface area contributed by atoms with Gasteiger partial charge in [-0.15, -0.1) is 0 Å². The molecule has 2 aliphatic rings. The molecule has 7 nitrogen and oxygen atoms in total. The van der Waals surface area contributed by atoms with E-state index in [1.54, 1.807) is 24.5 Å². The first-order valence-corrected chi connectivity index (χ1v) is 8.55. The van der Waals surface area contributed by atoms with E-state index in [9.17, 15) is 4.79 Å². The first kappa shape index (κ1) is 16.6. The average molecular weight is 353 g/mol. The number of nitrogens with zero attached hydrogens (tertiary/aromatic N) is 3. The van der Waals surface area contributed by atoms with Gasteiger partial charge in [0.25, 0.3) is 0 Å². The van der Waals surface area contributed by atoms with Crippen LogP contribution in [0, 0.1) is 22.7 Å². The lowest BCUT2D eigenvalue weighted by atomic mass is 9.82. The van der Waals surface area contributed by atoms with Crippen molar-refractivity contribution in [2.75, 3.05) is 32.9 Å². The van der Waals surface area contributed by atoms with Crippen LogP contribution < -0.4 is 4.74 Å². The Hall–Kier alpha value is -2.85. The van der Waals surface area contributed by atoms with E-state index in [-0.39, 0.29) is 23.7 Å². The van der Waals surface area contributed by atoms with Crippen LogP contribution in [0.5, 0.6) is 5.88 Å². The highest BCUT2D eigenvalue weighted by atomic mass is 16.5. The van der Waals surface area contributed by atoms with Crippen molar-refractivity contribution in [2.24, 2.45) is 11.3 Å². The summed E-state index contributed by atoms with van der Waals surface area (Å²) in [5.41, 5.74) is 0.280. The highest BCUT2D eigenvalue weighted by molar-refractivity contribution is 5.78. The number of nitriles is 1. The van der Waals surface area contributed by atoms with Crippen LogP contribution in [0.3, 0.4) is 0 Å². The Labute approximate surface area is 151 Å². The standard InChI is InChI=1S/C19H19N3O4/c20-7-14-3-4-17(21-8-14)26-13-19-11-22(9-15(19)10-24-12-19)18(23)6-16-2-1-5-25-16/h1-5,8,15H,6,9-13H2/t15-,19+/m0/s1. The monoisotopic (exact) mass is 353 g/mol. The average Bonchev–Trinajstić information content (AvgIpc) is 3.36. The predicted octanol–water partition coefficient (Wildman–Crippen LogP) is 1.64. The second-order valence-corrected chi connectivity index (χ2v) is 6.89. The molecule has 0 spiro atoms. The van der Waals surface area contributed by atoms with Gasteiger partial charge in [-0.3, -0.25) is 4.79 Å². The van der Waals surface area contributed by atoms with E-state index in [0.29, 0.717) is 50.1 Å². The molecule has 1 amide bonds. The van der Waals surface area contributed by atoms with E-state index < -0.39 is 0 Å². The molecule has 2 saturated heterocycles. The molecule has 134 valence electrons. The van der Waals surface area contributed by atoms with Crippen molar-refractivity contribution >= 4 is 5.91 Å². The van der Waals surface area contributed by atoms with Gasteiger partial charge in [0.1, 0.15) is 11.8 Å². The summed E-state index contributed by atoms with van der Waals surface area (Å²) in [4.78, 5) is 18.6. The number of hydrogen-bond acceptors (Lipinski definition) is 6. The number of carbonyl (C=O) groups is 1. The maximum Gasteiger partial charge on any atom is 0.230 e. The molecule has 0 aliphatic carbocycles. The largest absolute Gasteiger partial charge is 0.477 e. The van der Waals surface area contributed by atoms with Crippen molar-refractivity contribution < 1.29 is 18.7 Å². The minimum Gasteiger partial charge on any atom is -0.477 e. The summed E-state index contributed by atoms with van der Waals surface area (Å²) in [5, 5.41) is 8.83. The van der Waals surface area contributed by atoms with Gasteiger partial charge in [-0.2, -0.15) is 5.26 Å². The second kappa shape index (κ2) is 6.81. The molecule has 0 unspecified atom stereocenters. The Morgan fingerprint density at radius 1 is 1.46 bits per heavy atom. The van der Waals surface area contributed by atoms with E-state index in [0.717, 1.165) is 0 Å². The molecule has 2 aliphatic heterocycles. The summed E-state index contributed by atoms with van der Waals surface area (Å²) in [6.07, 6.45) is 3.34. The summed E-state index contributed by atoms with van der Waals surface area (Å²) >= 11 is 0. The van der Waals surface area contributed by atoms with Gasteiger partial charge in [-0.25, -0.2) is 4.98 Å². The summed E-state index contributed by atoms with van der Waals surface area (Å²) in [7, 11) is 0. The normalized spacial score (nSPS) is 24.3.